The van der Waals surface area contributed by atoms with Gasteiger partial charge in [0.1, 0.15) is 11.3 Å². The van der Waals surface area contributed by atoms with Crippen molar-refractivity contribution in [3.63, 3.8) is 0 Å². The van der Waals surface area contributed by atoms with E-state index in [2.05, 4.69) is 9.69 Å². The highest BCUT2D eigenvalue weighted by Gasteiger charge is 2.17. The van der Waals surface area contributed by atoms with Gasteiger partial charge in [0.05, 0.1) is 23.6 Å². The van der Waals surface area contributed by atoms with E-state index in [4.69, 9.17) is 9.15 Å². The fourth-order valence-electron chi connectivity index (χ4n) is 2.43. The molecule has 6 nitrogen and oxygen atoms in total. The molecule has 1 amide bonds. The highest BCUT2D eigenvalue weighted by Crippen LogP contribution is 2.26. The van der Waals surface area contributed by atoms with Crippen molar-refractivity contribution in [3.05, 3.63) is 50.8 Å². The number of fused-ring (bicyclic) bond motifs is 1. The minimum absolute atomic E-state index is 0.259. The lowest BCUT2D eigenvalue weighted by molar-refractivity contribution is 0.102. The molecule has 7 heteroatoms. The molecule has 3 rings (SSSR count). The molecule has 0 aliphatic carbocycles. The number of aryl methyl sites for hydroxylation is 2. The maximum Gasteiger partial charge on any atom is 0.337 e. The second-order valence-electron chi connectivity index (χ2n) is 5.22. The van der Waals surface area contributed by atoms with Gasteiger partial charge in [-0.25, -0.2) is 4.79 Å². The zero-order valence-electron chi connectivity index (χ0n) is 13.5. The second-order valence-corrected chi connectivity index (χ2v) is 6.20. The molecule has 3 aromatic rings. The first-order valence-corrected chi connectivity index (χ1v) is 8.22. The number of rotatable bonds is 4. The standard InChI is InChI=1S/C17H16N2O4S/c1-4-22-11-5-6-12-13(8-15(20)23-14(12)7-11)17(21)18-16-9(2)19-24-10(16)3/h5-8H,4H2,1-3H3,(H,18,21). The van der Waals surface area contributed by atoms with Crippen LogP contribution in [0.4, 0.5) is 5.69 Å². The Morgan fingerprint density at radius 3 is 2.79 bits per heavy atom. The first-order chi connectivity index (χ1) is 11.5. The Morgan fingerprint density at radius 2 is 2.12 bits per heavy atom. The topological polar surface area (TPSA) is 81.4 Å². The molecule has 124 valence electrons. The molecule has 0 saturated heterocycles. The van der Waals surface area contributed by atoms with E-state index in [1.54, 1.807) is 18.2 Å². The lowest BCUT2D eigenvalue weighted by Crippen LogP contribution is -2.16. The smallest absolute Gasteiger partial charge is 0.337 e. The van der Waals surface area contributed by atoms with Crippen molar-refractivity contribution >= 4 is 34.1 Å². The third-order valence-corrected chi connectivity index (χ3v) is 4.39. The third kappa shape index (κ3) is 3.03. The van der Waals surface area contributed by atoms with Crippen LogP contribution in [0.5, 0.6) is 5.75 Å². The van der Waals surface area contributed by atoms with Crippen molar-refractivity contribution in [1.82, 2.24) is 4.37 Å². The van der Waals surface area contributed by atoms with Crippen LogP contribution in [0.2, 0.25) is 0 Å². The van der Waals surface area contributed by atoms with Crippen LogP contribution in [0.3, 0.4) is 0 Å². The van der Waals surface area contributed by atoms with Crippen molar-refractivity contribution in [2.75, 3.05) is 11.9 Å². The lowest BCUT2D eigenvalue weighted by atomic mass is 10.1. The predicted octanol–water partition coefficient (Wildman–Crippen LogP) is 3.52. The molecule has 1 N–H and O–H groups in total. The van der Waals surface area contributed by atoms with Gasteiger partial charge in [-0.3, -0.25) is 4.79 Å². The number of hydrogen-bond donors (Lipinski definition) is 1. The molecule has 0 bridgehead atoms. The summed E-state index contributed by atoms with van der Waals surface area (Å²) in [5.41, 5.74) is 1.41. The van der Waals surface area contributed by atoms with Gasteiger partial charge in [0.15, 0.2) is 0 Å². The first kappa shape index (κ1) is 16.2. The van der Waals surface area contributed by atoms with Crippen LogP contribution >= 0.6 is 11.5 Å². The predicted molar refractivity (Wildman–Crippen MR) is 93.2 cm³/mol. The number of carbonyl (C=O) groups excluding carboxylic acids is 1. The van der Waals surface area contributed by atoms with Gasteiger partial charge < -0.3 is 14.5 Å². The normalized spacial score (nSPS) is 10.8. The van der Waals surface area contributed by atoms with Crippen LogP contribution in [0.15, 0.2) is 33.5 Å². The third-order valence-electron chi connectivity index (χ3n) is 3.54. The number of nitrogens with one attached hydrogen (secondary N) is 1. The van der Waals surface area contributed by atoms with Crippen molar-refractivity contribution in [1.29, 1.82) is 0 Å². The average Bonchev–Trinajstić information content (AvgIpc) is 2.86. The van der Waals surface area contributed by atoms with Crippen LogP contribution in [0.25, 0.3) is 11.0 Å². The van der Waals surface area contributed by atoms with E-state index in [9.17, 15) is 9.59 Å². The molecule has 0 aliphatic rings. The monoisotopic (exact) mass is 344 g/mol. The molecular formula is C17H16N2O4S. The van der Waals surface area contributed by atoms with E-state index in [0.29, 0.717) is 29.0 Å². The van der Waals surface area contributed by atoms with E-state index in [1.165, 1.54) is 17.6 Å². The minimum Gasteiger partial charge on any atom is -0.494 e. The Morgan fingerprint density at radius 1 is 1.33 bits per heavy atom. The van der Waals surface area contributed by atoms with E-state index in [1.807, 2.05) is 20.8 Å². The molecular weight excluding hydrogens is 328 g/mol. The van der Waals surface area contributed by atoms with Gasteiger partial charge in [-0.1, -0.05) is 0 Å². The fraction of sp³-hybridized carbons (Fsp3) is 0.235. The SMILES string of the molecule is CCOc1ccc2c(C(=O)Nc3c(C)nsc3C)cc(=O)oc2c1. The minimum atomic E-state index is -0.585. The molecule has 0 fully saturated rings. The molecule has 24 heavy (non-hydrogen) atoms. The summed E-state index contributed by atoms with van der Waals surface area (Å²) < 4.78 is 14.8. The summed E-state index contributed by atoms with van der Waals surface area (Å²) in [6, 6.07) is 6.26. The van der Waals surface area contributed by atoms with Gasteiger partial charge in [-0.2, -0.15) is 4.37 Å². The van der Waals surface area contributed by atoms with Crippen LogP contribution in [0.1, 0.15) is 27.9 Å². The summed E-state index contributed by atoms with van der Waals surface area (Å²) >= 11 is 1.32. The van der Waals surface area contributed by atoms with E-state index < -0.39 is 5.63 Å². The Kier molecular flexibility index (Phi) is 4.35. The van der Waals surface area contributed by atoms with Crippen molar-refractivity contribution in [3.8, 4) is 5.75 Å². The zero-order valence-corrected chi connectivity index (χ0v) is 14.3. The van der Waals surface area contributed by atoms with Gasteiger partial charge in [0.25, 0.3) is 5.91 Å². The molecule has 0 radical (unpaired) electrons. The number of amides is 1. The van der Waals surface area contributed by atoms with E-state index in [-0.39, 0.29) is 11.5 Å². The Hall–Kier alpha value is -2.67. The molecule has 0 aliphatic heterocycles. The van der Waals surface area contributed by atoms with Crippen LogP contribution in [0, 0.1) is 13.8 Å². The Bertz CT molecular complexity index is 955. The summed E-state index contributed by atoms with van der Waals surface area (Å²) in [6.07, 6.45) is 0. The number of anilines is 1. The fourth-order valence-corrected chi connectivity index (χ4v) is 3.08. The summed E-state index contributed by atoms with van der Waals surface area (Å²) in [5, 5.41) is 3.38. The van der Waals surface area contributed by atoms with E-state index >= 15 is 0 Å². The highest BCUT2D eigenvalue weighted by molar-refractivity contribution is 7.06. The maximum atomic E-state index is 12.6. The number of nitrogens with zero attached hydrogens (tertiary/aromatic N) is 1. The number of benzene rings is 1. The molecule has 2 heterocycles. The van der Waals surface area contributed by atoms with Crippen LogP contribution in [-0.4, -0.2) is 16.9 Å². The zero-order chi connectivity index (χ0) is 17.3. The summed E-state index contributed by atoms with van der Waals surface area (Å²) in [4.78, 5) is 25.4. The van der Waals surface area contributed by atoms with Crippen molar-refractivity contribution < 1.29 is 13.9 Å². The Balaban J connectivity index is 2.05. The molecule has 0 unspecified atom stereocenters. The quantitative estimate of drug-likeness (QED) is 0.732. The summed E-state index contributed by atoms with van der Waals surface area (Å²) in [6.45, 7) is 6.07. The first-order valence-electron chi connectivity index (χ1n) is 7.44. The van der Waals surface area contributed by atoms with Gasteiger partial charge in [0, 0.05) is 22.4 Å². The van der Waals surface area contributed by atoms with Gasteiger partial charge in [0.2, 0.25) is 0 Å². The van der Waals surface area contributed by atoms with E-state index in [0.717, 1.165) is 10.6 Å². The van der Waals surface area contributed by atoms with Crippen LogP contribution < -0.4 is 15.7 Å². The molecule has 2 aromatic heterocycles. The largest absolute Gasteiger partial charge is 0.494 e. The lowest BCUT2D eigenvalue weighted by Gasteiger charge is -2.09. The van der Waals surface area contributed by atoms with Crippen molar-refractivity contribution in [2.24, 2.45) is 0 Å². The van der Waals surface area contributed by atoms with Crippen LogP contribution in [-0.2, 0) is 0 Å². The molecule has 0 saturated carbocycles. The molecule has 0 spiro atoms. The Labute approximate surface area is 142 Å². The summed E-state index contributed by atoms with van der Waals surface area (Å²) in [7, 11) is 0. The van der Waals surface area contributed by atoms with Gasteiger partial charge >= 0.3 is 5.63 Å². The molecule has 0 atom stereocenters. The van der Waals surface area contributed by atoms with Gasteiger partial charge in [-0.05, 0) is 44.4 Å². The average molecular weight is 344 g/mol. The maximum absolute atomic E-state index is 12.6. The highest BCUT2D eigenvalue weighted by atomic mass is 32.1. The number of ether oxygens (including phenoxy) is 1. The number of hydrogen-bond acceptors (Lipinski definition) is 6. The number of carbonyl (C=O) groups is 1. The second kappa shape index (κ2) is 6.45. The number of aromatic nitrogens is 1. The summed E-state index contributed by atoms with van der Waals surface area (Å²) in [5.74, 6) is 0.211. The van der Waals surface area contributed by atoms with Gasteiger partial charge in [-0.15, -0.1) is 0 Å². The van der Waals surface area contributed by atoms with Crippen molar-refractivity contribution in [2.45, 2.75) is 20.8 Å². The molecule has 1 aromatic carbocycles.